The third kappa shape index (κ3) is 4.31. The Kier molecular flexibility index (Phi) is 6.02. The van der Waals surface area contributed by atoms with Gasteiger partial charge in [-0.05, 0) is 42.0 Å². The summed E-state index contributed by atoms with van der Waals surface area (Å²) in [7, 11) is 0. The number of nitrogens with one attached hydrogen (secondary N) is 1. The van der Waals surface area contributed by atoms with Gasteiger partial charge in [-0.3, -0.25) is 9.69 Å². The molecule has 3 aromatic carbocycles. The van der Waals surface area contributed by atoms with E-state index in [2.05, 4.69) is 50.3 Å². The van der Waals surface area contributed by atoms with Gasteiger partial charge in [-0.1, -0.05) is 54.1 Å². The van der Waals surface area contributed by atoms with Crippen molar-refractivity contribution in [2.24, 2.45) is 0 Å². The Balaban J connectivity index is 1.28. The Morgan fingerprint density at radius 3 is 2.25 bits per heavy atom. The highest BCUT2D eigenvalue weighted by molar-refractivity contribution is 6.30. The number of carbonyl (C=O) groups is 1. The maximum atomic E-state index is 12.8. The number of benzene rings is 3. The van der Waals surface area contributed by atoms with E-state index in [0.717, 1.165) is 61.1 Å². The summed E-state index contributed by atoms with van der Waals surface area (Å²) < 4.78 is 0. The molecule has 0 saturated carbocycles. The van der Waals surface area contributed by atoms with Gasteiger partial charge < -0.3 is 15.1 Å². The predicted molar refractivity (Wildman–Crippen MR) is 131 cm³/mol. The molecule has 1 unspecified atom stereocenters. The smallest absolute Gasteiger partial charge is 0.255 e. The van der Waals surface area contributed by atoms with Crippen molar-refractivity contribution < 1.29 is 4.79 Å². The number of halogens is 1. The third-order valence-corrected chi connectivity index (χ3v) is 6.63. The zero-order valence-electron chi connectivity index (χ0n) is 18.0. The third-order valence-electron chi connectivity index (χ3n) is 6.37. The van der Waals surface area contributed by atoms with Crippen LogP contribution in [0.25, 0.3) is 0 Å². The Hall–Kier alpha value is -3.02. The molecule has 6 heteroatoms. The van der Waals surface area contributed by atoms with Crippen LogP contribution in [0.1, 0.15) is 22.1 Å². The normalized spacial score (nSPS) is 18.9. The molecule has 1 atom stereocenters. The number of piperazine rings is 1. The van der Waals surface area contributed by atoms with E-state index in [4.69, 9.17) is 11.6 Å². The number of rotatable bonds is 5. The summed E-state index contributed by atoms with van der Waals surface area (Å²) in [5.41, 5.74) is 4.07. The molecule has 1 N–H and O–H groups in total. The first-order valence-electron chi connectivity index (χ1n) is 11.1. The van der Waals surface area contributed by atoms with E-state index in [1.54, 1.807) is 0 Å². The van der Waals surface area contributed by atoms with Gasteiger partial charge in [0.15, 0.2) is 0 Å². The van der Waals surface area contributed by atoms with Crippen molar-refractivity contribution in [2.45, 2.75) is 6.17 Å². The largest absolute Gasteiger partial charge is 0.369 e. The SMILES string of the molecule is O=C1NC(c2ccccc2)N(CCN2CCN(c3ccc(Cl)cc3)CC2)c2ccccc21. The molecule has 3 aromatic rings. The molecule has 2 aliphatic heterocycles. The summed E-state index contributed by atoms with van der Waals surface area (Å²) in [5.74, 6) is -0.0118. The zero-order chi connectivity index (χ0) is 21.9. The molecule has 164 valence electrons. The first-order chi connectivity index (χ1) is 15.7. The van der Waals surface area contributed by atoms with Crippen LogP contribution in [0.4, 0.5) is 11.4 Å². The lowest BCUT2D eigenvalue weighted by Gasteiger charge is -2.41. The van der Waals surface area contributed by atoms with Gasteiger partial charge in [-0.15, -0.1) is 0 Å². The Bertz CT molecular complexity index is 1060. The number of anilines is 2. The molecular formula is C26H27ClN4O. The van der Waals surface area contributed by atoms with Crippen LogP contribution in [0.2, 0.25) is 5.02 Å². The number of hydrogen-bond acceptors (Lipinski definition) is 4. The molecule has 1 fully saturated rings. The topological polar surface area (TPSA) is 38.8 Å². The fraction of sp³-hybridized carbons (Fsp3) is 0.269. The van der Waals surface area contributed by atoms with Crippen molar-refractivity contribution in [3.63, 3.8) is 0 Å². The molecule has 5 rings (SSSR count). The van der Waals surface area contributed by atoms with E-state index >= 15 is 0 Å². The Morgan fingerprint density at radius 1 is 0.812 bits per heavy atom. The average molecular weight is 447 g/mol. The van der Waals surface area contributed by atoms with Crippen LogP contribution < -0.4 is 15.1 Å². The van der Waals surface area contributed by atoms with Crippen LogP contribution in [0.15, 0.2) is 78.9 Å². The van der Waals surface area contributed by atoms with E-state index in [9.17, 15) is 4.79 Å². The van der Waals surface area contributed by atoms with Crippen molar-refractivity contribution in [3.8, 4) is 0 Å². The maximum Gasteiger partial charge on any atom is 0.255 e. The van der Waals surface area contributed by atoms with Gasteiger partial charge in [0.25, 0.3) is 5.91 Å². The first-order valence-corrected chi connectivity index (χ1v) is 11.5. The summed E-state index contributed by atoms with van der Waals surface area (Å²) in [4.78, 5) is 20.0. The second-order valence-corrected chi connectivity index (χ2v) is 8.74. The predicted octanol–water partition coefficient (Wildman–Crippen LogP) is 4.41. The van der Waals surface area contributed by atoms with Crippen LogP contribution in [0.3, 0.4) is 0 Å². The highest BCUT2D eigenvalue weighted by atomic mass is 35.5. The van der Waals surface area contributed by atoms with Crippen LogP contribution in [0, 0.1) is 0 Å². The lowest BCUT2D eigenvalue weighted by atomic mass is 10.0. The second kappa shape index (κ2) is 9.23. The zero-order valence-corrected chi connectivity index (χ0v) is 18.7. The van der Waals surface area contributed by atoms with Crippen molar-refractivity contribution in [1.29, 1.82) is 0 Å². The number of nitrogens with zero attached hydrogens (tertiary/aromatic N) is 3. The molecule has 2 heterocycles. The summed E-state index contributed by atoms with van der Waals surface area (Å²) in [6, 6.07) is 26.2. The van der Waals surface area contributed by atoms with Gasteiger partial charge >= 0.3 is 0 Å². The molecule has 0 bridgehead atoms. The van der Waals surface area contributed by atoms with Crippen LogP contribution >= 0.6 is 11.6 Å². The number of fused-ring (bicyclic) bond motifs is 1. The van der Waals surface area contributed by atoms with Crippen LogP contribution in [0.5, 0.6) is 0 Å². The molecule has 0 aromatic heterocycles. The first kappa shape index (κ1) is 20.9. The highest BCUT2D eigenvalue weighted by Gasteiger charge is 2.31. The van der Waals surface area contributed by atoms with E-state index in [1.807, 2.05) is 48.5 Å². The minimum Gasteiger partial charge on any atom is -0.369 e. The fourth-order valence-electron chi connectivity index (χ4n) is 4.61. The number of para-hydroxylation sites is 1. The molecule has 2 aliphatic rings. The van der Waals surface area contributed by atoms with E-state index in [1.165, 1.54) is 5.69 Å². The standard InChI is InChI=1S/C26H27ClN4O/c27-21-10-12-22(13-11-21)30-17-14-29(15-18-30)16-19-31-24-9-5-4-8-23(24)26(32)28-25(31)20-6-2-1-3-7-20/h1-13,25H,14-19H2,(H,28,32). The maximum absolute atomic E-state index is 12.8. The summed E-state index contributed by atoms with van der Waals surface area (Å²) in [5, 5.41) is 3.98. The summed E-state index contributed by atoms with van der Waals surface area (Å²) >= 11 is 6.03. The molecule has 1 saturated heterocycles. The summed E-state index contributed by atoms with van der Waals surface area (Å²) in [6.45, 7) is 5.81. The van der Waals surface area contributed by atoms with Gasteiger partial charge in [0.2, 0.25) is 0 Å². The number of amides is 1. The van der Waals surface area contributed by atoms with Crippen LogP contribution in [-0.2, 0) is 0 Å². The van der Waals surface area contributed by atoms with Gasteiger partial charge in [-0.25, -0.2) is 0 Å². The average Bonchev–Trinajstić information content (AvgIpc) is 2.85. The van der Waals surface area contributed by atoms with Crippen molar-refractivity contribution in [2.75, 3.05) is 49.1 Å². The molecule has 5 nitrogen and oxygen atoms in total. The van der Waals surface area contributed by atoms with Crippen molar-refractivity contribution in [3.05, 3.63) is 95.0 Å². The molecule has 0 aliphatic carbocycles. The van der Waals surface area contributed by atoms with E-state index in [0.29, 0.717) is 0 Å². The van der Waals surface area contributed by atoms with Crippen molar-refractivity contribution in [1.82, 2.24) is 10.2 Å². The lowest BCUT2D eigenvalue weighted by molar-refractivity contribution is 0.0925. The minimum atomic E-state index is -0.158. The van der Waals surface area contributed by atoms with Gasteiger partial charge in [0, 0.05) is 50.0 Å². The number of carbonyl (C=O) groups excluding carboxylic acids is 1. The summed E-state index contributed by atoms with van der Waals surface area (Å²) in [6.07, 6.45) is -0.158. The Labute approximate surface area is 194 Å². The van der Waals surface area contributed by atoms with Gasteiger partial charge in [0.1, 0.15) is 6.17 Å². The Morgan fingerprint density at radius 2 is 1.50 bits per heavy atom. The van der Waals surface area contributed by atoms with E-state index < -0.39 is 0 Å². The molecule has 32 heavy (non-hydrogen) atoms. The van der Waals surface area contributed by atoms with E-state index in [-0.39, 0.29) is 12.1 Å². The van der Waals surface area contributed by atoms with Crippen molar-refractivity contribution >= 4 is 28.9 Å². The lowest BCUT2D eigenvalue weighted by Crippen LogP contribution is -2.52. The van der Waals surface area contributed by atoms with Gasteiger partial charge in [-0.2, -0.15) is 0 Å². The molecule has 0 spiro atoms. The van der Waals surface area contributed by atoms with Crippen LogP contribution in [-0.4, -0.2) is 50.1 Å². The monoisotopic (exact) mass is 446 g/mol. The molecule has 0 radical (unpaired) electrons. The molecular weight excluding hydrogens is 420 g/mol. The molecule has 1 amide bonds. The highest BCUT2D eigenvalue weighted by Crippen LogP contribution is 2.32. The number of hydrogen-bond donors (Lipinski definition) is 1. The van der Waals surface area contributed by atoms with Gasteiger partial charge in [0.05, 0.1) is 11.3 Å². The quantitative estimate of drug-likeness (QED) is 0.630. The minimum absolute atomic E-state index is 0.0118. The second-order valence-electron chi connectivity index (χ2n) is 8.30. The fourth-order valence-corrected chi connectivity index (χ4v) is 4.74.